The number of nitrogens with one attached hydrogen (secondary N) is 5. The first kappa shape index (κ1) is 58.7. The van der Waals surface area contributed by atoms with Crippen LogP contribution in [0.5, 0.6) is 0 Å². The van der Waals surface area contributed by atoms with Gasteiger partial charge in [0.15, 0.2) is 0 Å². The number of aliphatic imine (C=N–C) groups is 3. The number of hydrogen-bond donors (Lipinski definition) is 6. The predicted molar refractivity (Wildman–Crippen MR) is 327 cm³/mol. The Kier molecular flexibility index (Phi) is 24.4. The molecule has 0 radical (unpaired) electrons. The zero-order valence-corrected chi connectivity index (χ0v) is 49.0. The molecule has 434 valence electrons. The van der Waals surface area contributed by atoms with E-state index in [-0.39, 0.29) is 22.7 Å². The molecule has 0 spiro atoms. The average Bonchev–Trinajstić information content (AvgIpc) is 4.44. The van der Waals surface area contributed by atoms with E-state index in [0.717, 1.165) is 132 Å². The van der Waals surface area contributed by atoms with Crippen molar-refractivity contribution in [3.8, 4) is 0 Å². The second-order valence-corrected chi connectivity index (χ2v) is 26.0. The van der Waals surface area contributed by atoms with Gasteiger partial charge in [0, 0.05) is 39.3 Å². The van der Waals surface area contributed by atoms with Gasteiger partial charge < -0.3 is 31.7 Å². The zero-order chi connectivity index (χ0) is 53.4. The lowest BCUT2D eigenvalue weighted by molar-refractivity contribution is -0.111. The van der Waals surface area contributed by atoms with E-state index in [4.69, 9.17) is 24.9 Å². The number of Topliss-reactive ketones (excluding diaryl/α,β-unsaturated/α-hetero) is 1. The molecule has 6 fully saturated rings. The van der Waals surface area contributed by atoms with Gasteiger partial charge in [0.1, 0.15) is 29.1 Å². The summed E-state index contributed by atoms with van der Waals surface area (Å²) < 4.78 is 0. The topological polar surface area (TPSA) is 160 Å². The number of rotatable bonds is 34. The Labute approximate surface area is 472 Å². The number of ketones is 1. The summed E-state index contributed by atoms with van der Waals surface area (Å²) >= 11 is 0. The van der Waals surface area contributed by atoms with Crippen molar-refractivity contribution in [1.29, 1.82) is 0 Å². The molecular weight excluding hydrogens is 965 g/mol. The molecule has 0 bridgehead atoms. The van der Waals surface area contributed by atoms with E-state index in [1.54, 1.807) is 0 Å². The number of hydrogen-bond acceptors (Lipinski definition) is 10. The molecule has 78 heavy (non-hydrogen) atoms. The molecule has 2 heterocycles. The molecular formula is C66H108N10O2. The summed E-state index contributed by atoms with van der Waals surface area (Å²) in [4.78, 5) is 41.1. The van der Waals surface area contributed by atoms with Crippen LogP contribution < -0.4 is 26.6 Å². The molecule has 0 atom stereocenters. The summed E-state index contributed by atoms with van der Waals surface area (Å²) in [6.07, 6.45) is 53.7. The molecule has 1 aromatic heterocycles. The lowest BCUT2D eigenvalue weighted by Gasteiger charge is -2.30. The molecule has 7 aliphatic carbocycles. The molecule has 9 rings (SSSR count). The minimum absolute atomic E-state index is 0.0291. The van der Waals surface area contributed by atoms with Gasteiger partial charge in [0.25, 0.3) is 0 Å². The number of carbonyl (C=O) groups excluding carboxylic acids is 1. The number of amidine groups is 2. The number of aromatic nitrogens is 2. The monoisotopic (exact) mass is 1070 g/mol. The van der Waals surface area contributed by atoms with Crippen LogP contribution in [0.1, 0.15) is 275 Å². The molecule has 1 aliphatic heterocycles. The Morgan fingerprint density at radius 3 is 1.05 bits per heavy atom. The molecule has 8 aliphatic rings. The molecule has 0 unspecified atom stereocenters. The number of aliphatic hydroxyl groups excluding tert-OH is 1. The summed E-state index contributed by atoms with van der Waals surface area (Å²) in [5, 5.41) is 31.3. The van der Waals surface area contributed by atoms with Gasteiger partial charge >= 0.3 is 0 Å². The normalized spacial score (nSPS) is 21.1. The van der Waals surface area contributed by atoms with Crippen LogP contribution in [0.3, 0.4) is 0 Å². The highest BCUT2D eigenvalue weighted by atomic mass is 16.3. The molecule has 0 saturated heterocycles. The maximum atomic E-state index is 15.4. The smallest absolute Gasteiger partial charge is 0.248 e. The first-order chi connectivity index (χ1) is 38.6. The molecule has 0 amide bonds. The maximum Gasteiger partial charge on any atom is 0.248 e. The number of guanidine groups is 1. The predicted octanol–water partition coefficient (Wildman–Crippen LogP) is 16.4. The zero-order valence-electron chi connectivity index (χ0n) is 49.0. The number of anilines is 3. The quantitative estimate of drug-likeness (QED) is 0.0292. The Balaban J connectivity index is 1.00. The van der Waals surface area contributed by atoms with Crippen molar-refractivity contribution in [2.24, 2.45) is 50.5 Å². The minimum Gasteiger partial charge on any atom is -0.506 e. The van der Waals surface area contributed by atoms with Crippen molar-refractivity contribution < 1.29 is 9.90 Å². The van der Waals surface area contributed by atoms with Crippen molar-refractivity contribution in [2.75, 3.05) is 55.2 Å². The average molecular weight is 1070 g/mol. The van der Waals surface area contributed by atoms with E-state index >= 15 is 4.79 Å². The van der Waals surface area contributed by atoms with E-state index in [9.17, 15) is 5.11 Å². The van der Waals surface area contributed by atoms with E-state index in [0.29, 0.717) is 52.9 Å². The highest BCUT2D eigenvalue weighted by molar-refractivity contribution is 6.45. The first-order valence-electron chi connectivity index (χ1n) is 33.6. The van der Waals surface area contributed by atoms with E-state index in [1.165, 1.54) is 205 Å². The number of aliphatic hydroxyl groups is 1. The summed E-state index contributed by atoms with van der Waals surface area (Å²) in [7, 11) is 0. The third-order valence-electron chi connectivity index (χ3n) is 20.0. The van der Waals surface area contributed by atoms with E-state index in [1.807, 2.05) is 0 Å². The van der Waals surface area contributed by atoms with Gasteiger partial charge in [0.2, 0.25) is 17.7 Å². The lowest BCUT2D eigenvalue weighted by Crippen LogP contribution is -2.42. The molecule has 1 aromatic rings. The Morgan fingerprint density at radius 2 is 0.705 bits per heavy atom. The molecule has 6 N–H and O–H groups in total. The van der Waals surface area contributed by atoms with Crippen LogP contribution in [-0.4, -0.2) is 77.8 Å². The van der Waals surface area contributed by atoms with Crippen LogP contribution in [-0.2, 0) is 4.79 Å². The fourth-order valence-electron chi connectivity index (χ4n) is 15.2. The molecule has 12 heteroatoms. The van der Waals surface area contributed by atoms with Crippen molar-refractivity contribution >= 4 is 46.6 Å². The van der Waals surface area contributed by atoms with Gasteiger partial charge in [-0.1, -0.05) is 231 Å². The SMILES string of the molecule is O=C1C(=C2C(NCCCCC3CCCC3)=NC(=NCCCCC3CCCC3)N=C2NCCCCC2CCCC2)C(O)=C1c1c(NCCCCC2CCCC2)nc(NCCCCC2CCCC2)nc1NCCCCC1CCCC1. The Bertz CT molecular complexity index is 2050. The fourth-order valence-corrected chi connectivity index (χ4v) is 15.2. The minimum atomic E-state index is -0.217. The number of carbonyl (C=O) groups is 1. The third-order valence-corrected chi connectivity index (χ3v) is 20.0. The summed E-state index contributed by atoms with van der Waals surface area (Å²) in [5.74, 6) is 8.32. The number of nitrogens with zero attached hydrogens (tertiary/aromatic N) is 5. The van der Waals surface area contributed by atoms with Crippen LogP contribution in [0.15, 0.2) is 31.9 Å². The highest BCUT2D eigenvalue weighted by Gasteiger charge is 2.43. The van der Waals surface area contributed by atoms with Crippen LogP contribution >= 0.6 is 0 Å². The lowest BCUT2D eigenvalue weighted by atomic mass is 9.80. The van der Waals surface area contributed by atoms with Crippen LogP contribution in [0.25, 0.3) is 5.57 Å². The highest BCUT2D eigenvalue weighted by Crippen LogP contribution is 2.44. The summed E-state index contributed by atoms with van der Waals surface area (Å²) in [6.45, 7) is 4.40. The number of unbranched alkanes of at least 4 members (excludes halogenated alkanes) is 6. The van der Waals surface area contributed by atoms with Gasteiger partial charge in [-0.15, -0.1) is 0 Å². The van der Waals surface area contributed by atoms with Gasteiger partial charge in [0.05, 0.1) is 22.3 Å². The fraction of sp³-hybridized carbons (Fsp3) is 0.818. The second-order valence-electron chi connectivity index (χ2n) is 26.0. The van der Waals surface area contributed by atoms with Gasteiger partial charge in [-0.2, -0.15) is 20.0 Å². The Morgan fingerprint density at radius 1 is 0.385 bits per heavy atom. The van der Waals surface area contributed by atoms with Crippen molar-refractivity contribution in [2.45, 2.75) is 270 Å². The maximum absolute atomic E-state index is 15.4. The van der Waals surface area contributed by atoms with Gasteiger partial charge in [-0.3, -0.25) is 4.79 Å². The van der Waals surface area contributed by atoms with Gasteiger partial charge in [-0.05, 0) is 74.0 Å². The third kappa shape index (κ3) is 18.0. The molecule has 12 nitrogen and oxygen atoms in total. The molecule has 0 aromatic carbocycles. The second kappa shape index (κ2) is 32.5. The van der Waals surface area contributed by atoms with Crippen LogP contribution in [0, 0.1) is 35.5 Å². The van der Waals surface area contributed by atoms with Crippen molar-refractivity contribution in [1.82, 2.24) is 20.6 Å². The van der Waals surface area contributed by atoms with Crippen LogP contribution in [0.2, 0.25) is 0 Å². The first-order valence-corrected chi connectivity index (χ1v) is 33.6. The van der Waals surface area contributed by atoms with E-state index in [2.05, 4.69) is 26.6 Å². The van der Waals surface area contributed by atoms with Crippen LogP contribution in [0.4, 0.5) is 17.6 Å². The Hall–Kier alpha value is -3.96. The molecule has 6 saturated carbocycles. The van der Waals surface area contributed by atoms with E-state index < -0.39 is 0 Å². The summed E-state index contributed by atoms with van der Waals surface area (Å²) in [6, 6.07) is 0. The summed E-state index contributed by atoms with van der Waals surface area (Å²) in [5.41, 5.74) is 1.68. The van der Waals surface area contributed by atoms with Gasteiger partial charge in [-0.25, -0.2) is 4.99 Å². The van der Waals surface area contributed by atoms with Crippen molar-refractivity contribution in [3.63, 3.8) is 0 Å². The number of allylic oxidation sites excluding steroid dienone is 2. The van der Waals surface area contributed by atoms with Crippen molar-refractivity contribution in [3.05, 3.63) is 22.5 Å². The largest absolute Gasteiger partial charge is 0.506 e. The standard InChI is InChI=1S/C66H108N10O2/c77-59-55(57-61(67-43-19-13-37-49-25-1-2-26-49)73-65(71-47-23-17-41-53-33-9-10-34-53)74-62(57)68-44-20-14-38-50-27-3-4-28-50)60(78)56(59)58-63(69-45-21-15-39-51-29-5-6-30-51)75-66(72-48-24-18-42-54-35-11-12-36-54)76-64(58)70-46-22-16-40-52-31-7-8-32-52/h49-54,77H,1-48H2,(H2,67,68,71,73,74)(H3,69,70,72,75,76).